The van der Waals surface area contributed by atoms with Gasteiger partial charge >= 0.3 is 0 Å². The first-order valence-corrected chi connectivity index (χ1v) is 8.77. The molecule has 0 saturated carbocycles. The molecule has 5 nitrogen and oxygen atoms in total. The Labute approximate surface area is 165 Å². The Balaban J connectivity index is 1.89. The number of carbonyl (C=O) groups excluding carboxylic acids is 1. The summed E-state index contributed by atoms with van der Waals surface area (Å²) in [6.07, 6.45) is 3.60. The Morgan fingerprint density at radius 2 is 1.79 bits per heavy atom. The standard InChI is InChI=1S/C23H25NO4/c1-17(2)8-9-18(3)28-22-7-5-6-21(14-22)27-15-19-10-12-20(13-11-19)24-23(25)16-26-4/h5-14H,1,3,15-16H2,2,4H3,(H,24,25)/b9-8-. The minimum Gasteiger partial charge on any atom is -0.489 e. The number of anilines is 1. The fourth-order valence-corrected chi connectivity index (χ4v) is 2.23. The number of amides is 1. The van der Waals surface area contributed by atoms with E-state index in [9.17, 15) is 4.79 Å². The molecule has 28 heavy (non-hydrogen) atoms. The molecule has 0 radical (unpaired) electrons. The third kappa shape index (κ3) is 7.51. The van der Waals surface area contributed by atoms with Crippen LogP contribution in [0.3, 0.4) is 0 Å². The monoisotopic (exact) mass is 379 g/mol. The molecule has 0 spiro atoms. The van der Waals surface area contributed by atoms with E-state index in [4.69, 9.17) is 14.2 Å². The Morgan fingerprint density at radius 3 is 2.46 bits per heavy atom. The van der Waals surface area contributed by atoms with Gasteiger partial charge in [-0.1, -0.05) is 43.0 Å². The second-order valence-corrected chi connectivity index (χ2v) is 6.19. The Kier molecular flexibility index (Phi) is 8.06. The van der Waals surface area contributed by atoms with E-state index < -0.39 is 0 Å². The van der Waals surface area contributed by atoms with E-state index in [0.29, 0.717) is 29.6 Å². The highest BCUT2D eigenvalue weighted by atomic mass is 16.5. The third-order valence-electron chi connectivity index (χ3n) is 3.53. The average Bonchev–Trinajstić information content (AvgIpc) is 2.66. The van der Waals surface area contributed by atoms with Crippen molar-refractivity contribution in [1.29, 1.82) is 0 Å². The van der Waals surface area contributed by atoms with Gasteiger partial charge in [0.05, 0.1) is 0 Å². The van der Waals surface area contributed by atoms with Crippen molar-refractivity contribution in [3.8, 4) is 11.5 Å². The molecule has 0 fully saturated rings. The summed E-state index contributed by atoms with van der Waals surface area (Å²) in [4.78, 5) is 11.5. The molecule has 0 unspecified atom stereocenters. The van der Waals surface area contributed by atoms with E-state index in [1.807, 2.05) is 55.5 Å². The fraction of sp³-hybridized carbons (Fsp3) is 0.174. The average molecular weight is 379 g/mol. The van der Waals surface area contributed by atoms with Gasteiger partial charge in [0.2, 0.25) is 5.91 Å². The summed E-state index contributed by atoms with van der Waals surface area (Å²) in [5.74, 6) is 1.66. The smallest absolute Gasteiger partial charge is 0.250 e. The van der Waals surface area contributed by atoms with E-state index in [-0.39, 0.29) is 12.5 Å². The molecular weight excluding hydrogens is 354 g/mol. The number of methoxy groups -OCH3 is 1. The van der Waals surface area contributed by atoms with Gasteiger partial charge in [0, 0.05) is 18.9 Å². The highest BCUT2D eigenvalue weighted by molar-refractivity contribution is 5.91. The van der Waals surface area contributed by atoms with Crippen LogP contribution in [-0.4, -0.2) is 19.6 Å². The molecule has 0 bridgehead atoms. The first-order chi connectivity index (χ1) is 13.5. The molecule has 0 aliphatic rings. The number of benzene rings is 2. The summed E-state index contributed by atoms with van der Waals surface area (Å²) in [5, 5.41) is 2.75. The van der Waals surface area contributed by atoms with Gasteiger partial charge in [-0.05, 0) is 42.8 Å². The van der Waals surface area contributed by atoms with E-state index in [1.54, 1.807) is 12.1 Å². The van der Waals surface area contributed by atoms with Crippen LogP contribution >= 0.6 is 0 Å². The molecule has 2 aromatic rings. The van der Waals surface area contributed by atoms with Crippen molar-refractivity contribution in [3.05, 3.63) is 90.7 Å². The van der Waals surface area contributed by atoms with Gasteiger partial charge in [0.1, 0.15) is 30.5 Å². The number of hydrogen-bond donors (Lipinski definition) is 1. The molecule has 1 amide bonds. The zero-order chi connectivity index (χ0) is 20.4. The lowest BCUT2D eigenvalue weighted by Crippen LogP contribution is -2.16. The minimum atomic E-state index is -0.192. The molecule has 0 aliphatic carbocycles. The molecule has 0 saturated heterocycles. The Hall–Kier alpha value is -3.31. The van der Waals surface area contributed by atoms with E-state index in [1.165, 1.54) is 7.11 Å². The second-order valence-electron chi connectivity index (χ2n) is 6.19. The van der Waals surface area contributed by atoms with Crippen molar-refractivity contribution >= 4 is 11.6 Å². The van der Waals surface area contributed by atoms with Crippen molar-refractivity contribution in [2.24, 2.45) is 0 Å². The zero-order valence-corrected chi connectivity index (χ0v) is 16.2. The van der Waals surface area contributed by atoms with Crippen molar-refractivity contribution < 1.29 is 19.0 Å². The third-order valence-corrected chi connectivity index (χ3v) is 3.53. The molecule has 0 heterocycles. The quantitative estimate of drug-likeness (QED) is 0.472. The second kappa shape index (κ2) is 10.7. The lowest BCUT2D eigenvalue weighted by atomic mass is 10.2. The summed E-state index contributed by atoms with van der Waals surface area (Å²) in [5.41, 5.74) is 2.61. The maximum Gasteiger partial charge on any atom is 0.250 e. The molecule has 5 heteroatoms. The first kappa shape index (κ1) is 21.0. The molecule has 0 atom stereocenters. The Morgan fingerprint density at radius 1 is 1.07 bits per heavy atom. The molecule has 2 aromatic carbocycles. The zero-order valence-electron chi connectivity index (χ0n) is 16.2. The summed E-state index contributed by atoms with van der Waals surface area (Å²) >= 11 is 0. The van der Waals surface area contributed by atoms with Gasteiger partial charge in [-0.2, -0.15) is 0 Å². The number of ether oxygens (including phenoxy) is 3. The maximum absolute atomic E-state index is 11.5. The predicted molar refractivity (Wildman–Crippen MR) is 111 cm³/mol. The van der Waals surface area contributed by atoms with E-state index in [0.717, 1.165) is 11.1 Å². The van der Waals surface area contributed by atoms with E-state index in [2.05, 4.69) is 18.5 Å². The lowest BCUT2D eigenvalue weighted by Gasteiger charge is -2.10. The molecule has 0 aromatic heterocycles. The molecule has 146 valence electrons. The van der Waals surface area contributed by atoms with E-state index >= 15 is 0 Å². The van der Waals surface area contributed by atoms with Crippen LogP contribution in [-0.2, 0) is 16.1 Å². The fourth-order valence-electron chi connectivity index (χ4n) is 2.23. The maximum atomic E-state index is 11.5. The van der Waals surface area contributed by atoms with Gasteiger partial charge < -0.3 is 19.5 Å². The van der Waals surface area contributed by atoms with Crippen LogP contribution < -0.4 is 14.8 Å². The highest BCUT2D eigenvalue weighted by Gasteiger charge is 2.03. The number of allylic oxidation sites excluding steroid dienone is 3. The van der Waals surface area contributed by atoms with Crippen LogP contribution in [0.25, 0.3) is 0 Å². The van der Waals surface area contributed by atoms with Crippen LogP contribution in [0.1, 0.15) is 12.5 Å². The van der Waals surface area contributed by atoms with Crippen molar-refractivity contribution in [2.45, 2.75) is 13.5 Å². The number of rotatable bonds is 10. The minimum absolute atomic E-state index is 0.0265. The van der Waals surface area contributed by atoms with Gasteiger partial charge in [-0.15, -0.1) is 0 Å². The molecular formula is C23H25NO4. The van der Waals surface area contributed by atoms with Crippen LogP contribution in [0, 0.1) is 0 Å². The summed E-state index contributed by atoms with van der Waals surface area (Å²) in [6, 6.07) is 14.8. The summed E-state index contributed by atoms with van der Waals surface area (Å²) in [6.45, 7) is 9.98. The number of nitrogens with one attached hydrogen (secondary N) is 1. The van der Waals surface area contributed by atoms with Crippen LogP contribution in [0.4, 0.5) is 5.69 Å². The van der Waals surface area contributed by atoms with Gasteiger partial charge in [0.25, 0.3) is 0 Å². The van der Waals surface area contributed by atoms with Crippen LogP contribution in [0.15, 0.2) is 85.2 Å². The van der Waals surface area contributed by atoms with Gasteiger partial charge in [0.15, 0.2) is 0 Å². The largest absolute Gasteiger partial charge is 0.489 e. The number of hydrogen-bond acceptors (Lipinski definition) is 4. The first-order valence-electron chi connectivity index (χ1n) is 8.77. The van der Waals surface area contributed by atoms with Gasteiger partial charge in [-0.25, -0.2) is 0 Å². The summed E-state index contributed by atoms with van der Waals surface area (Å²) in [7, 11) is 1.48. The van der Waals surface area contributed by atoms with Crippen LogP contribution in [0.2, 0.25) is 0 Å². The summed E-state index contributed by atoms with van der Waals surface area (Å²) < 4.78 is 16.3. The molecule has 2 rings (SSSR count). The molecule has 0 aliphatic heterocycles. The topological polar surface area (TPSA) is 56.8 Å². The van der Waals surface area contributed by atoms with Crippen molar-refractivity contribution in [3.63, 3.8) is 0 Å². The SMILES string of the molecule is C=C(C)/C=C\C(=C)Oc1cccc(OCc2ccc(NC(=O)COC)cc2)c1. The van der Waals surface area contributed by atoms with Crippen LogP contribution in [0.5, 0.6) is 11.5 Å². The van der Waals surface area contributed by atoms with Gasteiger partial charge in [-0.3, -0.25) is 4.79 Å². The highest BCUT2D eigenvalue weighted by Crippen LogP contribution is 2.22. The predicted octanol–water partition coefficient (Wildman–Crippen LogP) is 4.88. The Bertz CT molecular complexity index is 853. The number of carbonyl (C=O) groups is 1. The van der Waals surface area contributed by atoms with Crippen molar-refractivity contribution in [1.82, 2.24) is 0 Å². The normalized spacial score (nSPS) is 10.5. The lowest BCUT2D eigenvalue weighted by molar-refractivity contribution is -0.119. The molecule has 1 N–H and O–H groups in total. The van der Waals surface area contributed by atoms with Crippen molar-refractivity contribution in [2.75, 3.05) is 19.0 Å².